The number of rotatable bonds is 7. The molecule has 1 atom stereocenters. The first-order valence-electron chi connectivity index (χ1n) is 6.09. The fraction of sp³-hybridized carbons (Fsp3) is 0.500. The lowest BCUT2D eigenvalue weighted by Crippen LogP contribution is -2.25. The predicted molar refractivity (Wildman–Crippen MR) is 72.5 cm³/mol. The number of nitrogens with one attached hydrogen (secondary N) is 1. The largest absolute Gasteiger partial charge is 0.496 e. The van der Waals surface area contributed by atoms with Gasteiger partial charge in [0.2, 0.25) is 0 Å². The Bertz CT molecular complexity index is 398. The molecule has 1 rings (SSSR count). The molecule has 0 aliphatic heterocycles. The summed E-state index contributed by atoms with van der Waals surface area (Å²) in [5.74, 6) is 0.754. The quantitative estimate of drug-likeness (QED) is 0.746. The van der Waals surface area contributed by atoms with Gasteiger partial charge in [0.05, 0.1) is 13.2 Å². The molecule has 0 aliphatic rings. The van der Waals surface area contributed by atoms with Crippen molar-refractivity contribution in [3.05, 3.63) is 29.8 Å². The molecular formula is C14H21N3O. The number of nitriles is 1. The number of hydrogen-bond donors (Lipinski definition) is 1. The Morgan fingerprint density at radius 1 is 1.39 bits per heavy atom. The van der Waals surface area contributed by atoms with Gasteiger partial charge in [0.15, 0.2) is 0 Å². The third-order valence-electron chi connectivity index (χ3n) is 2.71. The molecule has 0 spiro atoms. The average Bonchev–Trinajstić information content (AvgIpc) is 2.38. The van der Waals surface area contributed by atoms with Crippen LogP contribution < -0.4 is 10.1 Å². The first-order chi connectivity index (χ1) is 8.69. The monoisotopic (exact) mass is 247 g/mol. The minimum Gasteiger partial charge on any atom is -0.496 e. The molecule has 1 unspecified atom stereocenters. The highest BCUT2D eigenvalue weighted by molar-refractivity contribution is 5.38. The summed E-state index contributed by atoms with van der Waals surface area (Å²) >= 11 is 0. The van der Waals surface area contributed by atoms with E-state index in [1.807, 2.05) is 38.4 Å². The molecule has 0 radical (unpaired) electrons. The van der Waals surface area contributed by atoms with E-state index < -0.39 is 0 Å². The van der Waals surface area contributed by atoms with Gasteiger partial charge in [-0.3, -0.25) is 5.32 Å². The summed E-state index contributed by atoms with van der Waals surface area (Å²) in [6.45, 7) is 1.82. The molecule has 0 heterocycles. The number of methoxy groups -OCH3 is 1. The Hall–Kier alpha value is -1.57. The van der Waals surface area contributed by atoms with E-state index in [4.69, 9.17) is 4.74 Å². The van der Waals surface area contributed by atoms with Crippen LogP contribution >= 0.6 is 0 Å². The Labute approximate surface area is 109 Å². The fourth-order valence-corrected chi connectivity index (χ4v) is 1.77. The van der Waals surface area contributed by atoms with Gasteiger partial charge >= 0.3 is 0 Å². The van der Waals surface area contributed by atoms with Crippen LogP contribution in [-0.2, 0) is 0 Å². The number of benzene rings is 1. The predicted octanol–water partition coefficient (Wildman–Crippen LogP) is 1.80. The van der Waals surface area contributed by atoms with Gasteiger partial charge in [-0.25, -0.2) is 0 Å². The lowest BCUT2D eigenvalue weighted by molar-refractivity contribution is 0.387. The van der Waals surface area contributed by atoms with Crippen molar-refractivity contribution in [2.75, 3.05) is 34.3 Å². The topological polar surface area (TPSA) is 48.3 Å². The van der Waals surface area contributed by atoms with E-state index in [1.54, 1.807) is 7.11 Å². The first-order valence-corrected chi connectivity index (χ1v) is 6.09. The molecule has 1 aromatic carbocycles. The molecule has 1 N–H and O–H groups in total. The van der Waals surface area contributed by atoms with E-state index in [0.717, 1.165) is 30.8 Å². The van der Waals surface area contributed by atoms with Crippen molar-refractivity contribution in [3.8, 4) is 11.8 Å². The summed E-state index contributed by atoms with van der Waals surface area (Å²) in [4.78, 5) is 2.13. The van der Waals surface area contributed by atoms with Crippen molar-refractivity contribution in [2.45, 2.75) is 12.5 Å². The Balaban J connectivity index is 2.58. The maximum Gasteiger partial charge on any atom is 0.124 e. The maximum absolute atomic E-state index is 9.23. The Morgan fingerprint density at radius 3 is 2.72 bits per heavy atom. The third-order valence-corrected chi connectivity index (χ3v) is 2.71. The van der Waals surface area contributed by atoms with Crippen LogP contribution in [-0.4, -0.2) is 39.2 Å². The molecule has 0 aliphatic carbocycles. The van der Waals surface area contributed by atoms with Crippen LogP contribution in [0, 0.1) is 11.3 Å². The van der Waals surface area contributed by atoms with Crippen molar-refractivity contribution in [3.63, 3.8) is 0 Å². The molecule has 0 aromatic heterocycles. The molecular weight excluding hydrogens is 226 g/mol. The normalized spacial score (nSPS) is 12.2. The molecule has 18 heavy (non-hydrogen) atoms. The zero-order chi connectivity index (χ0) is 13.4. The zero-order valence-corrected chi connectivity index (χ0v) is 11.3. The van der Waals surface area contributed by atoms with Crippen molar-refractivity contribution < 1.29 is 4.74 Å². The Kier molecular flexibility index (Phi) is 6.20. The average molecular weight is 247 g/mol. The standard InChI is InChI=1S/C14H21N3O/c1-17(2)10-6-9-16-13(11-15)12-7-4-5-8-14(12)18-3/h4-5,7-8,13,16H,6,9-10H2,1-3H3. The van der Waals surface area contributed by atoms with Crippen molar-refractivity contribution in [2.24, 2.45) is 0 Å². The molecule has 0 saturated heterocycles. The zero-order valence-electron chi connectivity index (χ0n) is 11.3. The second-order valence-corrected chi connectivity index (χ2v) is 4.42. The summed E-state index contributed by atoms with van der Waals surface area (Å²) in [5.41, 5.74) is 0.896. The van der Waals surface area contributed by atoms with Crippen molar-refractivity contribution in [1.82, 2.24) is 10.2 Å². The summed E-state index contributed by atoms with van der Waals surface area (Å²) < 4.78 is 5.27. The van der Waals surface area contributed by atoms with Crippen LogP contribution in [0.1, 0.15) is 18.0 Å². The van der Waals surface area contributed by atoms with E-state index >= 15 is 0 Å². The van der Waals surface area contributed by atoms with Crippen molar-refractivity contribution in [1.29, 1.82) is 5.26 Å². The van der Waals surface area contributed by atoms with Gasteiger partial charge in [-0.1, -0.05) is 18.2 Å². The second kappa shape index (κ2) is 7.70. The minimum atomic E-state index is -0.316. The summed E-state index contributed by atoms with van der Waals surface area (Å²) in [6, 6.07) is 9.58. The van der Waals surface area contributed by atoms with Gasteiger partial charge in [0.25, 0.3) is 0 Å². The highest BCUT2D eigenvalue weighted by Gasteiger charge is 2.13. The highest BCUT2D eigenvalue weighted by atomic mass is 16.5. The maximum atomic E-state index is 9.23. The first kappa shape index (κ1) is 14.5. The van der Waals surface area contributed by atoms with E-state index in [-0.39, 0.29) is 6.04 Å². The van der Waals surface area contributed by atoms with Crippen LogP contribution in [0.2, 0.25) is 0 Å². The smallest absolute Gasteiger partial charge is 0.124 e. The number of nitrogens with zero attached hydrogens (tertiary/aromatic N) is 2. The van der Waals surface area contributed by atoms with Crippen LogP contribution in [0.15, 0.2) is 24.3 Å². The van der Waals surface area contributed by atoms with Crippen LogP contribution in [0.3, 0.4) is 0 Å². The van der Waals surface area contributed by atoms with Gasteiger partial charge < -0.3 is 9.64 Å². The lowest BCUT2D eigenvalue weighted by Gasteiger charge is -2.16. The molecule has 4 heteroatoms. The van der Waals surface area contributed by atoms with Gasteiger partial charge in [0.1, 0.15) is 11.8 Å². The van der Waals surface area contributed by atoms with Gasteiger partial charge in [-0.2, -0.15) is 5.26 Å². The Morgan fingerprint density at radius 2 is 2.11 bits per heavy atom. The number of para-hydroxylation sites is 1. The van der Waals surface area contributed by atoms with Crippen LogP contribution in [0.4, 0.5) is 0 Å². The van der Waals surface area contributed by atoms with Crippen LogP contribution in [0.25, 0.3) is 0 Å². The highest BCUT2D eigenvalue weighted by Crippen LogP contribution is 2.24. The fourth-order valence-electron chi connectivity index (χ4n) is 1.77. The summed E-state index contributed by atoms with van der Waals surface area (Å²) in [6.07, 6.45) is 1.01. The van der Waals surface area contributed by atoms with Crippen LogP contribution in [0.5, 0.6) is 5.75 Å². The van der Waals surface area contributed by atoms with E-state index in [1.165, 1.54) is 0 Å². The number of hydrogen-bond acceptors (Lipinski definition) is 4. The molecule has 4 nitrogen and oxygen atoms in total. The SMILES string of the molecule is COc1ccccc1C(C#N)NCCCN(C)C. The van der Waals surface area contributed by atoms with Gasteiger partial charge in [0, 0.05) is 5.56 Å². The van der Waals surface area contributed by atoms with Gasteiger partial charge in [-0.15, -0.1) is 0 Å². The lowest BCUT2D eigenvalue weighted by atomic mass is 10.1. The minimum absolute atomic E-state index is 0.316. The third kappa shape index (κ3) is 4.36. The van der Waals surface area contributed by atoms with E-state index in [0.29, 0.717) is 0 Å². The van der Waals surface area contributed by atoms with Gasteiger partial charge in [-0.05, 0) is 39.7 Å². The number of ether oxygens (including phenoxy) is 1. The molecule has 0 fully saturated rings. The summed E-state index contributed by atoms with van der Waals surface area (Å²) in [7, 11) is 5.71. The van der Waals surface area contributed by atoms with E-state index in [2.05, 4.69) is 16.3 Å². The molecule has 0 bridgehead atoms. The molecule has 0 amide bonds. The van der Waals surface area contributed by atoms with Crippen molar-refractivity contribution >= 4 is 0 Å². The molecule has 98 valence electrons. The second-order valence-electron chi connectivity index (χ2n) is 4.42. The summed E-state index contributed by atoms with van der Waals surface area (Å²) in [5, 5.41) is 12.5. The van der Waals surface area contributed by atoms with E-state index in [9.17, 15) is 5.26 Å². The molecule has 0 saturated carbocycles. The molecule has 1 aromatic rings.